The van der Waals surface area contributed by atoms with Crippen LogP contribution in [0.5, 0.6) is 0 Å². The Morgan fingerprint density at radius 1 is 1.32 bits per heavy atom. The van der Waals surface area contributed by atoms with Crippen LogP contribution < -0.4 is 0 Å². The van der Waals surface area contributed by atoms with E-state index in [1.807, 2.05) is 6.92 Å². The molecular weight excluding hydrogens is 244 g/mol. The average molecular weight is 264 g/mol. The van der Waals surface area contributed by atoms with Crippen molar-refractivity contribution in [2.45, 2.75) is 51.1 Å². The van der Waals surface area contributed by atoms with Gasteiger partial charge in [-0.1, -0.05) is 6.58 Å². The Bertz CT molecular complexity index is 530. The van der Waals surface area contributed by atoms with Crippen molar-refractivity contribution < 1.29 is 19.7 Å². The zero-order chi connectivity index (χ0) is 14.0. The van der Waals surface area contributed by atoms with Gasteiger partial charge in [-0.3, -0.25) is 0 Å². The molecule has 0 aromatic heterocycles. The van der Waals surface area contributed by atoms with Crippen LogP contribution in [0.4, 0.5) is 0 Å². The van der Waals surface area contributed by atoms with E-state index in [4.69, 9.17) is 9.47 Å². The van der Waals surface area contributed by atoms with E-state index < -0.39 is 17.5 Å². The first-order chi connectivity index (χ1) is 8.81. The Hall–Kier alpha value is -1.10. The third kappa shape index (κ3) is 1.51. The minimum Gasteiger partial charge on any atom is -0.507 e. The molecule has 0 aromatic carbocycles. The molecule has 3 atom stereocenters. The van der Waals surface area contributed by atoms with E-state index in [0.29, 0.717) is 35.3 Å². The molecule has 3 rings (SSSR count). The Balaban J connectivity index is 2.24. The number of ether oxygens (including phenoxy) is 2. The van der Waals surface area contributed by atoms with E-state index in [9.17, 15) is 10.2 Å². The smallest absolute Gasteiger partial charge is 0.221 e. The lowest BCUT2D eigenvalue weighted by Gasteiger charge is -2.55. The zero-order valence-electron chi connectivity index (χ0n) is 11.6. The third-order valence-corrected chi connectivity index (χ3v) is 4.60. The van der Waals surface area contributed by atoms with Crippen molar-refractivity contribution in [2.24, 2.45) is 0 Å². The molecule has 1 spiro atoms. The van der Waals surface area contributed by atoms with Gasteiger partial charge >= 0.3 is 0 Å². The van der Waals surface area contributed by atoms with Crippen LogP contribution in [0.15, 0.2) is 34.6 Å². The standard InChI is InChI=1S/C15H20O4/c1-8-10(3)15-12(9(2)13(8)17)11(16)7-14(4,19-15)5-6-18-15/h11,16-17H,3,5-7H2,1-2,4H3/t11?,14-,15?/m1/s1. The maximum Gasteiger partial charge on any atom is 0.221 e. The first-order valence-electron chi connectivity index (χ1n) is 6.64. The highest BCUT2D eigenvalue weighted by atomic mass is 16.7. The summed E-state index contributed by atoms with van der Waals surface area (Å²) in [6.45, 7) is 10.2. The van der Waals surface area contributed by atoms with Crippen molar-refractivity contribution in [1.82, 2.24) is 0 Å². The molecule has 2 aliphatic heterocycles. The summed E-state index contributed by atoms with van der Waals surface area (Å²) >= 11 is 0. The van der Waals surface area contributed by atoms with Crippen molar-refractivity contribution in [3.05, 3.63) is 34.6 Å². The van der Waals surface area contributed by atoms with Crippen LogP contribution in [0.3, 0.4) is 0 Å². The quantitative estimate of drug-likeness (QED) is 0.705. The largest absolute Gasteiger partial charge is 0.507 e. The highest BCUT2D eigenvalue weighted by molar-refractivity contribution is 5.56. The summed E-state index contributed by atoms with van der Waals surface area (Å²) in [5.41, 5.74) is 2.10. The van der Waals surface area contributed by atoms with Crippen LogP contribution in [-0.4, -0.2) is 34.3 Å². The van der Waals surface area contributed by atoms with Crippen LogP contribution >= 0.6 is 0 Å². The SMILES string of the molecule is C=C1C(C)=C(O)C(C)=C2C(O)C[C@@]3(C)CCOC12O3. The van der Waals surface area contributed by atoms with Gasteiger partial charge in [0.2, 0.25) is 5.79 Å². The lowest BCUT2D eigenvalue weighted by Crippen LogP contribution is -2.61. The van der Waals surface area contributed by atoms with Gasteiger partial charge in [0.1, 0.15) is 5.76 Å². The van der Waals surface area contributed by atoms with Crippen LogP contribution in [0.1, 0.15) is 33.6 Å². The molecular formula is C15H20O4. The molecule has 4 heteroatoms. The average Bonchev–Trinajstić information content (AvgIpc) is 2.33. The monoisotopic (exact) mass is 264 g/mol. The minimum atomic E-state index is -1.09. The third-order valence-electron chi connectivity index (χ3n) is 4.60. The van der Waals surface area contributed by atoms with Crippen LogP contribution in [0, 0.1) is 0 Å². The Morgan fingerprint density at radius 2 is 2.00 bits per heavy atom. The van der Waals surface area contributed by atoms with Gasteiger partial charge in [0, 0.05) is 17.6 Å². The first kappa shape index (κ1) is 12.9. The highest BCUT2D eigenvalue weighted by Crippen LogP contribution is 2.53. The number of fused-ring (bicyclic) bond motifs is 1. The van der Waals surface area contributed by atoms with Gasteiger partial charge in [-0.2, -0.15) is 0 Å². The van der Waals surface area contributed by atoms with Gasteiger partial charge in [-0.15, -0.1) is 0 Å². The van der Waals surface area contributed by atoms with E-state index in [1.165, 1.54) is 0 Å². The van der Waals surface area contributed by atoms with Crippen LogP contribution in [0.25, 0.3) is 0 Å². The van der Waals surface area contributed by atoms with E-state index in [2.05, 4.69) is 6.58 Å². The molecule has 2 heterocycles. The number of rotatable bonds is 0. The molecule has 2 N–H and O–H groups in total. The fourth-order valence-electron chi connectivity index (χ4n) is 3.45. The Kier molecular flexibility index (Phi) is 2.53. The molecule has 2 fully saturated rings. The molecule has 0 radical (unpaired) electrons. The van der Waals surface area contributed by atoms with Gasteiger partial charge in [0.05, 0.1) is 18.3 Å². The topological polar surface area (TPSA) is 58.9 Å². The van der Waals surface area contributed by atoms with Crippen molar-refractivity contribution in [2.75, 3.05) is 6.61 Å². The second-order valence-electron chi connectivity index (χ2n) is 5.98. The summed E-state index contributed by atoms with van der Waals surface area (Å²) < 4.78 is 12.1. The maximum atomic E-state index is 10.5. The molecule has 2 unspecified atom stereocenters. The van der Waals surface area contributed by atoms with Crippen LogP contribution in [-0.2, 0) is 9.47 Å². The molecule has 104 valence electrons. The molecule has 2 bridgehead atoms. The zero-order valence-corrected chi connectivity index (χ0v) is 11.6. The number of hydrogen-bond donors (Lipinski definition) is 2. The summed E-state index contributed by atoms with van der Waals surface area (Å²) in [4.78, 5) is 0. The van der Waals surface area contributed by atoms with Crippen molar-refractivity contribution in [3.63, 3.8) is 0 Å². The van der Waals surface area contributed by atoms with Gasteiger partial charge < -0.3 is 19.7 Å². The van der Waals surface area contributed by atoms with Gasteiger partial charge in [0.15, 0.2) is 0 Å². The van der Waals surface area contributed by atoms with Crippen LogP contribution in [0.2, 0.25) is 0 Å². The molecule has 19 heavy (non-hydrogen) atoms. The molecule has 3 aliphatic rings. The van der Waals surface area contributed by atoms with Crippen molar-refractivity contribution in [3.8, 4) is 0 Å². The second kappa shape index (κ2) is 3.72. The fraction of sp³-hybridized carbons (Fsp3) is 0.600. The molecule has 4 nitrogen and oxygen atoms in total. The fourth-order valence-corrected chi connectivity index (χ4v) is 3.45. The predicted molar refractivity (Wildman–Crippen MR) is 70.6 cm³/mol. The van der Waals surface area contributed by atoms with Crippen molar-refractivity contribution in [1.29, 1.82) is 0 Å². The van der Waals surface area contributed by atoms with Gasteiger partial charge in [0.25, 0.3) is 0 Å². The second-order valence-corrected chi connectivity index (χ2v) is 5.98. The minimum absolute atomic E-state index is 0.172. The van der Waals surface area contributed by atoms with Gasteiger partial charge in [-0.25, -0.2) is 0 Å². The normalized spacial score (nSPS) is 42.5. The summed E-state index contributed by atoms with van der Waals surface area (Å²) in [5.74, 6) is -0.920. The van der Waals surface area contributed by atoms with E-state index in [1.54, 1.807) is 13.8 Å². The molecule has 2 saturated heterocycles. The predicted octanol–water partition coefficient (Wildman–Crippen LogP) is 2.36. The summed E-state index contributed by atoms with van der Waals surface area (Å²) in [6.07, 6.45) is 0.593. The number of aliphatic hydroxyl groups excluding tert-OH is 2. The number of hydrogen-bond acceptors (Lipinski definition) is 4. The van der Waals surface area contributed by atoms with Crippen molar-refractivity contribution >= 4 is 0 Å². The maximum absolute atomic E-state index is 10.5. The Morgan fingerprint density at radius 3 is 2.68 bits per heavy atom. The van der Waals surface area contributed by atoms with E-state index >= 15 is 0 Å². The summed E-state index contributed by atoms with van der Waals surface area (Å²) in [6, 6.07) is 0. The number of aliphatic hydroxyl groups is 2. The lowest BCUT2D eigenvalue weighted by molar-refractivity contribution is -0.311. The molecule has 0 aromatic rings. The molecule has 0 amide bonds. The first-order valence-corrected chi connectivity index (χ1v) is 6.64. The highest BCUT2D eigenvalue weighted by Gasteiger charge is 2.58. The molecule has 0 saturated carbocycles. The molecule has 1 aliphatic carbocycles. The lowest BCUT2D eigenvalue weighted by atomic mass is 9.73. The summed E-state index contributed by atoms with van der Waals surface area (Å²) in [5, 5.41) is 20.6. The Labute approximate surface area is 113 Å². The van der Waals surface area contributed by atoms with Gasteiger partial charge in [-0.05, 0) is 38.3 Å². The summed E-state index contributed by atoms with van der Waals surface area (Å²) in [7, 11) is 0. The van der Waals surface area contributed by atoms with E-state index in [-0.39, 0.29) is 5.76 Å². The van der Waals surface area contributed by atoms with E-state index in [0.717, 1.165) is 6.42 Å². The number of allylic oxidation sites excluding steroid dienone is 1.